The highest BCUT2D eigenvalue weighted by Gasteiger charge is 2.27. The summed E-state index contributed by atoms with van der Waals surface area (Å²) in [6, 6.07) is 9.70. The van der Waals surface area contributed by atoms with Gasteiger partial charge in [0, 0.05) is 24.2 Å². The molecule has 1 aromatic heterocycles. The van der Waals surface area contributed by atoms with Crippen LogP contribution in [0.2, 0.25) is 0 Å². The second-order valence-corrected chi connectivity index (χ2v) is 5.47. The number of para-hydroxylation sites is 1. The van der Waals surface area contributed by atoms with Crippen LogP contribution in [0.5, 0.6) is 0 Å². The van der Waals surface area contributed by atoms with Crippen molar-refractivity contribution in [2.24, 2.45) is 11.7 Å². The van der Waals surface area contributed by atoms with Gasteiger partial charge in [-0.25, -0.2) is 0 Å². The minimum Gasteiger partial charge on any atom is -0.338 e. The van der Waals surface area contributed by atoms with Crippen LogP contribution in [-0.4, -0.2) is 35.4 Å². The first-order valence-corrected chi connectivity index (χ1v) is 7.05. The molecular formula is C16H21Cl2N3O. The van der Waals surface area contributed by atoms with E-state index >= 15 is 0 Å². The van der Waals surface area contributed by atoms with Crippen LogP contribution in [0.1, 0.15) is 22.5 Å². The first kappa shape index (κ1) is 18.7. The van der Waals surface area contributed by atoms with E-state index in [0.717, 1.165) is 41.7 Å². The number of amides is 1. The van der Waals surface area contributed by atoms with E-state index in [2.05, 4.69) is 4.98 Å². The van der Waals surface area contributed by atoms with Gasteiger partial charge >= 0.3 is 0 Å². The molecule has 6 heteroatoms. The molecule has 0 spiro atoms. The van der Waals surface area contributed by atoms with E-state index in [9.17, 15) is 4.79 Å². The lowest BCUT2D eigenvalue weighted by atomic mass is 10.1. The molecule has 1 fully saturated rings. The number of aryl methyl sites for hydroxylation is 1. The van der Waals surface area contributed by atoms with Crippen molar-refractivity contribution < 1.29 is 4.79 Å². The predicted octanol–water partition coefficient (Wildman–Crippen LogP) is 2.81. The Morgan fingerprint density at radius 2 is 2.09 bits per heavy atom. The van der Waals surface area contributed by atoms with Crippen LogP contribution in [0, 0.1) is 12.8 Å². The van der Waals surface area contributed by atoms with Crippen molar-refractivity contribution in [2.45, 2.75) is 13.3 Å². The molecule has 120 valence electrons. The third kappa shape index (κ3) is 3.51. The number of carbonyl (C=O) groups is 1. The molecule has 0 saturated carbocycles. The molecule has 1 aliphatic rings. The quantitative estimate of drug-likeness (QED) is 0.913. The number of nitrogens with two attached hydrogens (primary N) is 1. The molecule has 2 N–H and O–H groups in total. The second kappa shape index (κ2) is 7.77. The molecule has 22 heavy (non-hydrogen) atoms. The highest BCUT2D eigenvalue weighted by atomic mass is 35.5. The van der Waals surface area contributed by atoms with Gasteiger partial charge in [0.05, 0.1) is 11.1 Å². The average molecular weight is 342 g/mol. The molecule has 2 heterocycles. The molecular weight excluding hydrogens is 321 g/mol. The maximum absolute atomic E-state index is 12.7. The van der Waals surface area contributed by atoms with Crippen LogP contribution in [-0.2, 0) is 0 Å². The maximum atomic E-state index is 12.7. The summed E-state index contributed by atoms with van der Waals surface area (Å²) in [5.74, 6) is 0.538. The van der Waals surface area contributed by atoms with Gasteiger partial charge in [-0.2, -0.15) is 0 Å². The van der Waals surface area contributed by atoms with Gasteiger partial charge in [0.25, 0.3) is 5.91 Å². The van der Waals surface area contributed by atoms with Crippen LogP contribution < -0.4 is 5.73 Å². The summed E-state index contributed by atoms with van der Waals surface area (Å²) in [6.45, 7) is 4.15. The number of hydrogen-bond donors (Lipinski definition) is 1. The van der Waals surface area contributed by atoms with Crippen molar-refractivity contribution in [3.8, 4) is 0 Å². The summed E-state index contributed by atoms with van der Waals surface area (Å²) in [7, 11) is 0. The number of nitrogens with zero attached hydrogens (tertiary/aromatic N) is 2. The number of benzene rings is 1. The van der Waals surface area contributed by atoms with Crippen molar-refractivity contribution >= 4 is 41.6 Å². The summed E-state index contributed by atoms with van der Waals surface area (Å²) >= 11 is 0. The maximum Gasteiger partial charge on any atom is 0.254 e. The fraction of sp³-hybridized carbons (Fsp3) is 0.375. The van der Waals surface area contributed by atoms with Gasteiger partial charge in [-0.05, 0) is 37.9 Å². The molecule has 4 nitrogen and oxygen atoms in total. The summed E-state index contributed by atoms with van der Waals surface area (Å²) < 4.78 is 0. The number of halogens is 2. The van der Waals surface area contributed by atoms with Crippen LogP contribution in [0.15, 0.2) is 30.3 Å². The van der Waals surface area contributed by atoms with Crippen LogP contribution in [0.3, 0.4) is 0 Å². The Morgan fingerprint density at radius 1 is 1.36 bits per heavy atom. The minimum absolute atomic E-state index is 0. The van der Waals surface area contributed by atoms with Gasteiger partial charge in [-0.3, -0.25) is 9.78 Å². The Bertz CT molecular complexity index is 663. The topological polar surface area (TPSA) is 59.2 Å². The second-order valence-electron chi connectivity index (χ2n) is 5.47. The normalized spacial score (nSPS) is 17.0. The van der Waals surface area contributed by atoms with Gasteiger partial charge in [-0.15, -0.1) is 24.8 Å². The number of fused-ring (bicyclic) bond motifs is 1. The number of pyridine rings is 1. The standard InChI is InChI=1S/C16H19N3O.2ClH/c1-11-8-14(13-4-2-3-5-15(13)18-11)16(20)19-7-6-12(9-17)10-19;;/h2-5,8,12H,6-7,9-10,17H2,1H3;2*1H. The summed E-state index contributed by atoms with van der Waals surface area (Å²) in [4.78, 5) is 19.1. The molecule has 2 aromatic rings. The molecule has 3 rings (SSSR count). The Morgan fingerprint density at radius 3 is 2.77 bits per heavy atom. The summed E-state index contributed by atoms with van der Waals surface area (Å²) in [6.07, 6.45) is 1.00. The van der Waals surface area contributed by atoms with E-state index in [0.29, 0.717) is 12.5 Å². The van der Waals surface area contributed by atoms with E-state index in [1.165, 1.54) is 0 Å². The number of aromatic nitrogens is 1. The lowest BCUT2D eigenvalue weighted by molar-refractivity contribution is 0.0789. The molecule has 0 bridgehead atoms. The molecule has 0 aliphatic carbocycles. The zero-order valence-electron chi connectivity index (χ0n) is 12.5. The fourth-order valence-electron chi connectivity index (χ4n) is 2.86. The lowest BCUT2D eigenvalue weighted by Crippen LogP contribution is -2.30. The number of rotatable bonds is 2. The van der Waals surface area contributed by atoms with Crippen LogP contribution in [0.25, 0.3) is 10.9 Å². The predicted molar refractivity (Wildman–Crippen MR) is 94.0 cm³/mol. The monoisotopic (exact) mass is 341 g/mol. The van der Waals surface area contributed by atoms with Crippen molar-refractivity contribution in [1.82, 2.24) is 9.88 Å². The molecule has 1 saturated heterocycles. The number of likely N-dealkylation sites (tertiary alicyclic amines) is 1. The first-order chi connectivity index (χ1) is 9.69. The molecule has 1 unspecified atom stereocenters. The van der Waals surface area contributed by atoms with Crippen molar-refractivity contribution in [1.29, 1.82) is 0 Å². The van der Waals surface area contributed by atoms with E-state index in [4.69, 9.17) is 5.73 Å². The Kier molecular flexibility index (Phi) is 6.60. The van der Waals surface area contributed by atoms with Crippen molar-refractivity contribution in [3.63, 3.8) is 0 Å². The number of carbonyl (C=O) groups excluding carboxylic acids is 1. The smallest absolute Gasteiger partial charge is 0.254 e. The summed E-state index contributed by atoms with van der Waals surface area (Å²) in [5, 5.41) is 0.930. The highest BCUT2D eigenvalue weighted by molar-refractivity contribution is 6.06. The Balaban J connectivity index is 0.00000121. The molecule has 0 radical (unpaired) electrons. The van der Waals surface area contributed by atoms with Gasteiger partial charge in [-0.1, -0.05) is 18.2 Å². The van der Waals surface area contributed by atoms with Crippen molar-refractivity contribution in [3.05, 3.63) is 41.6 Å². The highest BCUT2D eigenvalue weighted by Crippen LogP contribution is 2.23. The number of hydrogen-bond acceptors (Lipinski definition) is 3. The summed E-state index contributed by atoms with van der Waals surface area (Å²) in [5.41, 5.74) is 8.21. The largest absolute Gasteiger partial charge is 0.338 e. The third-order valence-electron chi connectivity index (χ3n) is 3.98. The van der Waals surface area contributed by atoms with E-state index in [1.54, 1.807) is 0 Å². The Hall–Kier alpha value is -1.36. The van der Waals surface area contributed by atoms with E-state index < -0.39 is 0 Å². The molecule has 1 atom stereocenters. The van der Waals surface area contributed by atoms with Gasteiger partial charge in [0.15, 0.2) is 0 Å². The van der Waals surface area contributed by atoms with Gasteiger partial charge in [0.1, 0.15) is 0 Å². The fourth-order valence-corrected chi connectivity index (χ4v) is 2.86. The van der Waals surface area contributed by atoms with Crippen LogP contribution in [0.4, 0.5) is 0 Å². The zero-order valence-corrected chi connectivity index (χ0v) is 14.1. The third-order valence-corrected chi connectivity index (χ3v) is 3.98. The average Bonchev–Trinajstić information content (AvgIpc) is 2.94. The van der Waals surface area contributed by atoms with E-state index in [-0.39, 0.29) is 30.7 Å². The van der Waals surface area contributed by atoms with Crippen molar-refractivity contribution in [2.75, 3.05) is 19.6 Å². The SMILES string of the molecule is Cc1cc(C(=O)N2CCC(CN)C2)c2ccccc2n1.Cl.Cl. The molecule has 1 aromatic carbocycles. The first-order valence-electron chi connectivity index (χ1n) is 7.05. The molecule has 1 aliphatic heterocycles. The van der Waals surface area contributed by atoms with E-state index in [1.807, 2.05) is 42.2 Å². The van der Waals surface area contributed by atoms with Gasteiger partial charge in [0.2, 0.25) is 0 Å². The minimum atomic E-state index is 0. The Labute approximate surface area is 142 Å². The van der Waals surface area contributed by atoms with Crippen LogP contribution >= 0.6 is 24.8 Å². The lowest BCUT2D eigenvalue weighted by Gasteiger charge is -2.17. The molecule has 1 amide bonds. The van der Waals surface area contributed by atoms with Gasteiger partial charge < -0.3 is 10.6 Å². The zero-order chi connectivity index (χ0) is 14.1.